The SMILES string of the molecule is Cc1cc(C)c(OCC(=O)OCc2cc(-c3ccco3)on2)c(C)c1. The molecule has 0 unspecified atom stereocenters. The molecule has 130 valence electrons. The first-order valence-corrected chi connectivity index (χ1v) is 7.88. The largest absolute Gasteiger partial charge is 0.481 e. The molecule has 3 aromatic rings. The van der Waals surface area contributed by atoms with Gasteiger partial charge in [-0.15, -0.1) is 0 Å². The van der Waals surface area contributed by atoms with Crippen molar-refractivity contribution in [3.63, 3.8) is 0 Å². The van der Waals surface area contributed by atoms with Gasteiger partial charge in [0.05, 0.1) is 6.26 Å². The molecule has 2 heterocycles. The van der Waals surface area contributed by atoms with Crippen LogP contribution in [-0.4, -0.2) is 17.7 Å². The number of hydrogen-bond donors (Lipinski definition) is 0. The molecule has 0 amide bonds. The van der Waals surface area contributed by atoms with Crippen LogP contribution in [0.3, 0.4) is 0 Å². The van der Waals surface area contributed by atoms with Crippen molar-refractivity contribution in [3.8, 4) is 17.3 Å². The van der Waals surface area contributed by atoms with Gasteiger partial charge < -0.3 is 18.4 Å². The summed E-state index contributed by atoms with van der Waals surface area (Å²) in [5, 5.41) is 3.85. The Bertz CT molecular complexity index is 841. The Balaban J connectivity index is 1.52. The van der Waals surface area contributed by atoms with E-state index in [2.05, 4.69) is 5.16 Å². The van der Waals surface area contributed by atoms with Crippen molar-refractivity contribution in [2.24, 2.45) is 0 Å². The Morgan fingerprint density at radius 2 is 1.88 bits per heavy atom. The van der Waals surface area contributed by atoms with Gasteiger partial charge in [0, 0.05) is 6.07 Å². The summed E-state index contributed by atoms with van der Waals surface area (Å²) in [7, 11) is 0. The van der Waals surface area contributed by atoms with Crippen LogP contribution in [0.15, 0.2) is 45.5 Å². The highest BCUT2D eigenvalue weighted by Gasteiger charge is 2.12. The van der Waals surface area contributed by atoms with Crippen LogP contribution < -0.4 is 4.74 Å². The standard InChI is InChI=1S/C19H19NO5/c1-12-7-13(2)19(14(3)8-12)24-11-18(21)23-10-15-9-17(25-20-15)16-5-4-6-22-16/h4-9H,10-11H2,1-3H3. The van der Waals surface area contributed by atoms with Crippen LogP contribution >= 0.6 is 0 Å². The first kappa shape index (κ1) is 16.8. The lowest BCUT2D eigenvalue weighted by Gasteiger charge is -2.12. The van der Waals surface area contributed by atoms with E-state index in [0.29, 0.717) is 23.0 Å². The van der Waals surface area contributed by atoms with Gasteiger partial charge in [0.15, 0.2) is 12.4 Å². The molecule has 3 rings (SSSR count). The molecule has 0 N–H and O–H groups in total. The smallest absolute Gasteiger partial charge is 0.344 e. The van der Waals surface area contributed by atoms with Crippen molar-refractivity contribution in [1.29, 1.82) is 0 Å². The van der Waals surface area contributed by atoms with Gasteiger partial charge in [0.2, 0.25) is 5.76 Å². The summed E-state index contributed by atoms with van der Waals surface area (Å²) in [6, 6.07) is 9.21. The van der Waals surface area contributed by atoms with E-state index < -0.39 is 5.97 Å². The van der Waals surface area contributed by atoms with E-state index in [1.54, 1.807) is 24.5 Å². The number of furan rings is 1. The highest BCUT2D eigenvalue weighted by atomic mass is 16.6. The third kappa shape index (κ3) is 4.09. The fourth-order valence-electron chi connectivity index (χ4n) is 2.64. The molecule has 0 radical (unpaired) electrons. The summed E-state index contributed by atoms with van der Waals surface area (Å²) in [5.41, 5.74) is 3.64. The maximum atomic E-state index is 11.9. The molecule has 0 saturated heterocycles. The number of carbonyl (C=O) groups excluding carboxylic acids is 1. The summed E-state index contributed by atoms with van der Waals surface area (Å²) in [6.45, 7) is 5.78. The van der Waals surface area contributed by atoms with Crippen molar-refractivity contribution in [3.05, 3.63) is 59.0 Å². The molecule has 0 saturated carbocycles. The maximum absolute atomic E-state index is 11.9. The Morgan fingerprint density at radius 3 is 2.56 bits per heavy atom. The molecule has 6 heteroatoms. The maximum Gasteiger partial charge on any atom is 0.344 e. The lowest BCUT2D eigenvalue weighted by atomic mass is 10.1. The molecular weight excluding hydrogens is 322 g/mol. The normalized spacial score (nSPS) is 10.7. The number of esters is 1. The Morgan fingerprint density at radius 1 is 1.12 bits per heavy atom. The van der Waals surface area contributed by atoms with E-state index >= 15 is 0 Å². The zero-order valence-electron chi connectivity index (χ0n) is 14.4. The van der Waals surface area contributed by atoms with Crippen LogP contribution in [0.4, 0.5) is 0 Å². The minimum atomic E-state index is -0.470. The molecule has 25 heavy (non-hydrogen) atoms. The predicted molar refractivity (Wildman–Crippen MR) is 90.1 cm³/mol. The Labute approximate surface area is 145 Å². The first-order valence-electron chi connectivity index (χ1n) is 7.88. The average Bonchev–Trinajstić information content (AvgIpc) is 3.23. The predicted octanol–water partition coefficient (Wildman–Crippen LogP) is 3.98. The molecule has 0 aliphatic rings. The fraction of sp³-hybridized carbons (Fsp3) is 0.263. The molecule has 0 aliphatic carbocycles. The molecular formula is C19H19NO5. The minimum absolute atomic E-state index is 0.0122. The number of rotatable bonds is 6. The van der Waals surface area contributed by atoms with Crippen LogP contribution in [0.2, 0.25) is 0 Å². The van der Waals surface area contributed by atoms with E-state index in [1.807, 2.05) is 32.9 Å². The van der Waals surface area contributed by atoms with E-state index in [-0.39, 0.29) is 13.2 Å². The van der Waals surface area contributed by atoms with Crippen LogP contribution in [0.1, 0.15) is 22.4 Å². The zero-order chi connectivity index (χ0) is 17.8. The van der Waals surface area contributed by atoms with Crippen molar-refractivity contribution in [2.45, 2.75) is 27.4 Å². The van der Waals surface area contributed by atoms with Crippen molar-refractivity contribution in [1.82, 2.24) is 5.16 Å². The topological polar surface area (TPSA) is 74.7 Å². The molecule has 1 aromatic carbocycles. The lowest BCUT2D eigenvalue weighted by Crippen LogP contribution is -2.15. The quantitative estimate of drug-likeness (QED) is 0.631. The van der Waals surface area contributed by atoms with Crippen LogP contribution in [0.5, 0.6) is 5.75 Å². The lowest BCUT2D eigenvalue weighted by molar-refractivity contribution is -0.147. The number of carbonyl (C=O) groups is 1. The van der Waals surface area contributed by atoms with Crippen LogP contribution in [0.25, 0.3) is 11.5 Å². The van der Waals surface area contributed by atoms with Gasteiger partial charge >= 0.3 is 5.97 Å². The number of hydrogen-bond acceptors (Lipinski definition) is 6. The summed E-state index contributed by atoms with van der Waals surface area (Å²) in [5.74, 6) is 1.29. The van der Waals surface area contributed by atoms with Crippen LogP contribution in [0, 0.1) is 20.8 Å². The number of ether oxygens (including phenoxy) is 2. The van der Waals surface area contributed by atoms with E-state index in [4.69, 9.17) is 18.4 Å². The monoisotopic (exact) mass is 341 g/mol. The van der Waals surface area contributed by atoms with E-state index in [9.17, 15) is 4.79 Å². The average molecular weight is 341 g/mol. The molecule has 0 spiro atoms. The van der Waals surface area contributed by atoms with Crippen LogP contribution in [-0.2, 0) is 16.1 Å². The first-order chi connectivity index (χ1) is 12.0. The second-order valence-electron chi connectivity index (χ2n) is 5.84. The summed E-state index contributed by atoms with van der Waals surface area (Å²) < 4.78 is 21.1. The highest BCUT2D eigenvalue weighted by molar-refractivity contribution is 5.71. The summed E-state index contributed by atoms with van der Waals surface area (Å²) in [4.78, 5) is 11.9. The number of aromatic nitrogens is 1. The van der Waals surface area contributed by atoms with Gasteiger partial charge in [-0.1, -0.05) is 22.9 Å². The fourth-order valence-corrected chi connectivity index (χ4v) is 2.64. The number of nitrogens with zero attached hydrogens (tertiary/aromatic N) is 1. The van der Waals surface area contributed by atoms with Gasteiger partial charge in [0.1, 0.15) is 18.1 Å². The Hall–Kier alpha value is -3.02. The third-order valence-corrected chi connectivity index (χ3v) is 3.64. The molecule has 0 atom stereocenters. The van der Waals surface area contributed by atoms with E-state index in [0.717, 1.165) is 16.7 Å². The van der Waals surface area contributed by atoms with Gasteiger partial charge in [-0.2, -0.15) is 0 Å². The van der Waals surface area contributed by atoms with Gasteiger partial charge in [0.25, 0.3) is 0 Å². The zero-order valence-corrected chi connectivity index (χ0v) is 14.4. The van der Waals surface area contributed by atoms with Crippen molar-refractivity contribution in [2.75, 3.05) is 6.61 Å². The molecule has 2 aromatic heterocycles. The van der Waals surface area contributed by atoms with Gasteiger partial charge in [-0.25, -0.2) is 4.79 Å². The minimum Gasteiger partial charge on any atom is -0.481 e. The molecule has 0 fully saturated rings. The second-order valence-corrected chi connectivity index (χ2v) is 5.84. The molecule has 6 nitrogen and oxygen atoms in total. The van der Waals surface area contributed by atoms with Gasteiger partial charge in [-0.05, 0) is 44.0 Å². The third-order valence-electron chi connectivity index (χ3n) is 3.64. The Kier molecular flexibility index (Phi) is 4.88. The van der Waals surface area contributed by atoms with Gasteiger partial charge in [-0.3, -0.25) is 0 Å². The van der Waals surface area contributed by atoms with Crippen molar-refractivity contribution < 1.29 is 23.2 Å². The van der Waals surface area contributed by atoms with Crippen molar-refractivity contribution >= 4 is 5.97 Å². The number of aryl methyl sites for hydroxylation is 3. The molecule has 0 aliphatic heterocycles. The summed E-state index contributed by atoms with van der Waals surface area (Å²) >= 11 is 0. The van der Waals surface area contributed by atoms with E-state index in [1.165, 1.54) is 0 Å². The highest BCUT2D eigenvalue weighted by Crippen LogP contribution is 2.24. The second kappa shape index (κ2) is 7.25. The molecule has 0 bridgehead atoms. The number of benzene rings is 1. The summed E-state index contributed by atoms with van der Waals surface area (Å²) in [6.07, 6.45) is 1.55.